The Kier molecular flexibility index (Phi) is 23.6. The third-order valence-corrected chi connectivity index (χ3v) is 26.1. The van der Waals surface area contributed by atoms with Crippen LogP contribution in [0.25, 0.3) is 5.59 Å². The van der Waals surface area contributed by atoms with Crippen molar-refractivity contribution in [2.75, 3.05) is 57.3 Å². The molecule has 0 aliphatic heterocycles. The molecule has 0 bridgehead atoms. The van der Waals surface area contributed by atoms with Crippen molar-refractivity contribution in [3.8, 4) is 0 Å². The zero-order chi connectivity index (χ0) is 31.0. The number of hydrogen-bond acceptors (Lipinski definition) is 3. The van der Waals surface area contributed by atoms with E-state index in [1.165, 1.54) is 0 Å². The Morgan fingerprint density at radius 1 is 0.650 bits per heavy atom. The van der Waals surface area contributed by atoms with Crippen LogP contribution >= 0.6 is 23.8 Å². The Hall–Kier alpha value is -0.929. The molecule has 6 nitrogen and oxygen atoms in total. The van der Waals surface area contributed by atoms with Crippen molar-refractivity contribution >= 4 is 43.8 Å². The first kappa shape index (κ1) is 43.5. The summed E-state index contributed by atoms with van der Waals surface area (Å²) in [7, 11) is -1.26. The molecule has 0 atom stereocenters. The van der Waals surface area contributed by atoms with Gasteiger partial charge in [0.1, 0.15) is 0 Å². The summed E-state index contributed by atoms with van der Waals surface area (Å²) in [4.78, 5) is 27.9. The number of aromatic carboxylic acids is 2. The van der Waals surface area contributed by atoms with Crippen LogP contribution < -0.4 is 0 Å². The molecule has 0 saturated carbocycles. The van der Waals surface area contributed by atoms with E-state index in [-0.39, 0.29) is 42.3 Å². The molecule has 40 heavy (non-hydrogen) atoms. The van der Waals surface area contributed by atoms with Crippen LogP contribution in [0.1, 0.15) is 52.6 Å². The fraction of sp³-hybridized carbons (Fsp3) is 0.517. The third kappa shape index (κ3) is 18.5. The second-order valence-electron chi connectivity index (χ2n) is 12.0. The summed E-state index contributed by atoms with van der Waals surface area (Å²) < 4.78 is 0. The van der Waals surface area contributed by atoms with Gasteiger partial charge in [0, 0.05) is 58.5 Å². The molecule has 0 aliphatic carbocycles. The van der Waals surface area contributed by atoms with Crippen molar-refractivity contribution < 1.29 is 38.4 Å². The van der Waals surface area contributed by atoms with Gasteiger partial charge in [-0.1, -0.05) is 56.2 Å². The summed E-state index contributed by atoms with van der Waals surface area (Å²) in [5.74, 6) is 3.23. The first-order chi connectivity index (χ1) is 17.9. The van der Waals surface area contributed by atoms with E-state index in [4.69, 9.17) is 20.7 Å². The van der Waals surface area contributed by atoms with Crippen molar-refractivity contribution in [3.05, 3.63) is 81.3 Å². The van der Waals surface area contributed by atoms with Gasteiger partial charge < -0.3 is 20.7 Å². The van der Waals surface area contributed by atoms with Crippen LogP contribution in [0.4, 0.5) is 0 Å². The Morgan fingerprint density at radius 3 is 1.02 bits per heavy atom. The zero-order valence-electron chi connectivity index (χ0n) is 26.3. The first-order valence-electron chi connectivity index (χ1n) is 13.1. The van der Waals surface area contributed by atoms with Crippen molar-refractivity contribution in [2.24, 2.45) is 0 Å². The molecule has 2 rings (SSSR count). The van der Waals surface area contributed by atoms with Crippen molar-refractivity contribution in [3.63, 3.8) is 0 Å². The molecule has 0 heterocycles. The van der Waals surface area contributed by atoms with Crippen LogP contribution in [-0.2, 0) is 18.6 Å². The van der Waals surface area contributed by atoms with E-state index in [9.17, 15) is 9.59 Å². The minimum absolute atomic E-state index is 0. The fourth-order valence-corrected chi connectivity index (χ4v) is 31.9. The van der Waals surface area contributed by atoms with E-state index in [2.05, 4.69) is 60.8 Å². The number of carboxylic acids is 2. The summed E-state index contributed by atoms with van der Waals surface area (Å²) in [6, 6.07) is 13.5. The number of nitroso groups, excluding NO2 is 1. The molecule has 0 aliphatic rings. The molecule has 0 fully saturated rings. The Labute approximate surface area is 259 Å². The molecule has 1 radical (unpaired) electrons. The molecule has 0 unspecified atom stereocenters. The van der Waals surface area contributed by atoms with Gasteiger partial charge in [0.2, 0.25) is 0 Å². The molecule has 0 spiro atoms. The first-order valence-corrected chi connectivity index (χ1v) is 23.8. The fourth-order valence-electron chi connectivity index (χ4n) is 4.41. The van der Waals surface area contributed by atoms with Crippen molar-refractivity contribution in [2.45, 2.75) is 39.7 Å². The minimum Gasteiger partial charge on any atom is -0.577 e. The molecule has 0 amide bonds. The predicted molar refractivity (Wildman–Crippen MR) is 184 cm³/mol. The smallest absolute Gasteiger partial charge is 0.335 e. The van der Waals surface area contributed by atoms with Gasteiger partial charge in [0.25, 0.3) is 0 Å². The van der Waals surface area contributed by atoms with E-state index in [1.54, 1.807) is 65.9 Å². The number of aryl methyl sites for hydroxylation is 2. The zero-order valence-corrected chi connectivity index (χ0v) is 31.7. The number of carboxylic acid groups (broad SMARTS) is 2. The number of benzene rings is 2. The SMILES string of the molecule is C[PH+](C)C[Si](C[PH+](C)C)(C[PH+](C)C)C(C)(C)C.Cc1ccc(C(=O)O)cc1.Cc1ccc(C(=O)O)cc1.[N-]=O.[V]. The summed E-state index contributed by atoms with van der Waals surface area (Å²) in [6.45, 7) is 26.7. The number of carbonyl (C=O) groups is 2. The summed E-state index contributed by atoms with van der Waals surface area (Å²) in [5.41, 5.74) is 8.58. The molecule has 2 aromatic carbocycles. The number of nitrogens with zero attached hydrogens (tertiary/aromatic N) is 1. The van der Waals surface area contributed by atoms with Crippen LogP contribution in [0.3, 0.4) is 0 Å². The van der Waals surface area contributed by atoms with E-state index in [0.717, 1.165) is 11.1 Å². The van der Waals surface area contributed by atoms with E-state index >= 15 is 0 Å². The van der Waals surface area contributed by atoms with Gasteiger partial charge >= 0.3 is 11.9 Å². The second-order valence-corrected chi connectivity index (χ2v) is 27.6. The normalized spacial score (nSPS) is 10.8. The summed E-state index contributed by atoms with van der Waals surface area (Å²) in [6.07, 6.45) is 0. The van der Waals surface area contributed by atoms with Gasteiger partial charge in [-0.25, -0.2) is 9.59 Å². The molecule has 225 valence electrons. The maximum atomic E-state index is 10.3. The molecule has 2 aromatic rings. The van der Waals surface area contributed by atoms with Gasteiger partial charge in [-0.3, -0.25) is 0 Å². The Balaban J connectivity index is -0.000000514. The third-order valence-electron chi connectivity index (χ3n) is 6.26. The standard InChI is InChI=1S/C13H33P3Si.2C8H8O2.NO.V/c1-13(2,3)17(10-14(4)5,11-15(6)7)12-16(8)9;2*1-6-2-4-7(5-3-6)8(9)10;1-2;/h10-12H2,1-9H3;2*2-5H,1H3,(H,9,10);;/q;;;-1;/p+3. The quantitative estimate of drug-likeness (QED) is 0.219. The van der Waals surface area contributed by atoms with Crippen LogP contribution in [0.5, 0.6) is 0 Å². The van der Waals surface area contributed by atoms with Crippen molar-refractivity contribution in [1.29, 1.82) is 0 Å². The predicted octanol–water partition coefficient (Wildman–Crippen LogP) is 7.98. The molecular weight excluding hydrogens is 614 g/mol. The summed E-state index contributed by atoms with van der Waals surface area (Å²) >= 11 is 0. The maximum Gasteiger partial charge on any atom is 0.335 e. The largest absolute Gasteiger partial charge is 0.577 e. The van der Waals surface area contributed by atoms with Gasteiger partial charge in [-0.15, -0.1) is 0 Å². The van der Waals surface area contributed by atoms with Crippen LogP contribution in [-0.4, -0.2) is 87.6 Å². The molecule has 0 saturated heterocycles. The van der Waals surface area contributed by atoms with Gasteiger partial charge in [0.15, 0.2) is 8.07 Å². The molecule has 0 aromatic heterocycles. The summed E-state index contributed by atoms with van der Waals surface area (Å²) in [5, 5.41) is 17.6. The molecular formula is C29H52NO5P3SiV+2. The average molecular weight is 667 g/mol. The Morgan fingerprint density at radius 2 is 0.875 bits per heavy atom. The van der Waals surface area contributed by atoms with Crippen LogP contribution in [0.2, 0.25) is 5.04 Å². The van der Waals surface area contributed by atoms with Gasteiger partial charge in [-0.2, -0.15) is 0 Å². The second kappa shape index (κ2) is 21.7. The average Bonchev–Trinajstić information content (AvgIpc) is 2.80. The Bertz CT molecular complexity index is 901. The van der Waals surface area contributed by atoms with Crippen LogP contribution in [0.15, 0.2) is 48.5 Å². The molecule has 2 N–H and O–H groups in total. The van der Waals surface area contributed by atoms with Crippen LogP contribution in [0, 0.1) is 18.8 Å². The monoisotopic (exact) mass is 666 g/mol. The number of hydrogen-bond donors (Lipinski definition) is 2. The van der Waals surface area contributed by atoms with E-state index < -0.39 is 20.0 Å². The van der Waals surface area contributed by atoms with Gasteiger partial charge in [0.05, 0.1) is 28.5 Å². The van der Waals surface area contributed by atoms with Crippen molar-refractivity contribution in [1.82, 2.24) is 0 Å². The minimum atomic E-state index is -1.05. The molecule has 11 heteroatoms. The number of rotatable bonds is 8. The van der Waals surface area contributed by atoms with Gasteiger partial charge in [-0.05, 0) is 66.9 Å². The van der Waals surface area contributed by atoms with E-state index in [0.29, 0.717) is 16.2 Å². The topological polar surface area (TPSA) is 114 Å². The van der Waals surface area contributed by atoms with E-state index in [1.807, 2.05) is 13.8 Å². The maximum absolute atomic E-state index is 10.3.